The van der Waals surface area contributed by atoms with Gasteiger partial charge in [-0.1, -0.05) is 0 Å². The van der Waals surface area contributed by atoms with Crippen LogP contribution in [-0.4, -0.2) is 47.0 Å². The maximum atomic E-state index is 11.9. The number of nitrogens with zero attached hydrogens (tertiary/aromatic N) is 1. The molecule has 17 heavy (non-hydrogen) atoms. The molecule has 2 aliphatic rings. The van der Waals surface area contributed by atoms with Crippen molar-refractivity contribution in [2.24, 2.45) is 0 Å². The van der Waals surface area contributed by atoms with Crippen LogP contribution in [0.3, 0.4) is 0 Å². The quantitative estimate of drug-likeness (QED) is 0.833. The van der Waals surface area contributed by atoms with E-state index < -0.39 is 0 Å². The van der Waals surface area contributed by atoms with Crippen molar-refractivity contribution in [1.82, 2.24) is 10.2 Å². The van der Waals surface area contributed by atoms with Gasteiger partial charge in [-0.3, -0.25) is 4.79 Å². The van der Waals surface area contributed by atoms with Crippen molar-refractivity contribution in [2.45, 2.75) is 56.4 Å². The number of hydrogen-bond donors (Lipinski definition) is 1. The van der Waals surface area contributed by atoms with E-state index in [0.717, 1.165) is 13.1 Å². The molecule has 0 bridgehead atoms. The van der Waals surface area contributed by atoms with Crippen molar-refractivity contribution in [3.8, 4) is 0 Å². The molecule has 2 aliphatic heterocycles. The van der Waals surface area contributed by atoms with E-state index in [2.05, 4.69) is 30.3 Å². The van der Waals surface area contributed by atoms with E-state index in [4.69, 9.17) is 0 Å². The van der Waals surface area contributed by atoms with E-state index in [1.807, 2.05) is 11.8 Å². The molecule has 2 saturated heterocycles. The lowest BCUT2D eigenvalue weighted by Gasteiger charge is -2.34. The summed E-state index contributed by atoms with van der Waals surface area (Å²) in [7, 11) is 0. The highest BCUT2D eigenvalue weighted by Crippen LogP contribution is 2.29. The number of piperidine rings is 1. The molecule has 0 spiro atoms. The molecule has 2 fully saturated rings. The Morgan fingerprint density at radius 1 is 1.47 bits per heavy atom. The first kappa shape index (κ1) is 13.2. The predicted molar refractivity (Wildman–Crippen MR) is 73.4 cm³/mol. The van der Waals surface area contributed by atoms with Gasteiger partial charge in [0.25, 0.3) is 0 Å². The first-order valence-corrected chi connectivity index (χ1v) is 7.84. The summed E-state index contributed by atoms with van der Waals surface area (Å²) in [4.78, 5) is 14.0. The summed E-state index contributed by atoms with van der Waals surface area (Å²) in [6.45, 7) is 6.46. The number of rotatable bonds is 4. The largest absolute Gasteiger partial charge is 0.338 e. The fourth-order valence-electron chi connectivity index (χ4n) is 2.78. The molecular weight excluding hydrogens is 232 g/mol. The van der Waals surface area contributed by atoms with Crippen LogP contribution in [0, 0.1) is 0 Å². The zero-order valence-corrected chi connectivity index (χ0v) is 12.0. The Labute approximate surface area is 109 Å². The van der Waals surface area contributed by atoms with E-state index in [9.17, 15) is 4.79 Å². The molecule has 0 saturated carbocycles. The zero-order valence-electron chi connectivity index (χ0n) is 11.2. The highest BCUT2D eigenvalue weighted by Gasteiger charge is 2.40. The van der Waals surface area contributed by atoms with Gasteiger partial charge in [0.15, 0.2) is 0 Å². The van der Waals surface area contributed by atoms with Crippen LogP contribution in [-0.2, 0) is 4.79 Å². The van der Waals surface area contributed by atoms with Gasteiger partial charge in [-0.25, -0.2) is 0 Å². The molecule has 1 amide bonds. The predicted octanol–water partition coefficient (Wildman–Crippen LogP) is 1.87. The minimum absolute atomic E-state index is 0.255. The number of amides is 1. The van der Waals surface area contributed by atoms with E-state index >= 15 is 0 Å². The number of carbonyl (C=O) groups is 1. The Bertz CT molecular complexity index is 293. The van der Waals surface area contributed by atoms with Gasteiger partial charge in [-0.15, -0.1) is 0 Å². The second-order valence-corrected chi connectivity index (χ2v) is 7.32. The maximum absolute atomic E-state index is 11.9. The Morgan fingerprint density at radius 2 is 2.24 bits per heavy atom. The lowest BCUT2D eigenvalue weighted by Crippen LogP contribution is -2.48. The van der Waals surface area contributed by atoms with Gasteiger partial charge in [0.1, 0.15) is 0 Å². The first-order valence-electron chi connectivity index (χ1n) is 6.61. The summed E-state index contributed by atoms with van der Waals surface area (Å²) in [6, 6.07) is 0.850. The van der Waals surface area contributed by atoms with Gasteiger partial charge in [0.05, 0.1) is 0 Å². The first-order chi connectivity index (χ1) is 8.03. The van der Waals surface area contributed by atoms with Gasteiger partial charge in [-0.2, -0.15) is 11.8 Å². The van der Waals surface area contributed by atoms with Crippen molar-refractivity contribution in [1.29, 1.82) is 0 Å². The molecule has 98 valence electrons. The molecule has 2 atom stereocenters. The zero-order chi connectivity index (χ0) is 12.5. The number of hydrogen-bond acceptors (Lipinski definition) is 3. The Kier molecular flexibility index (Phi) is 4.03. The molecule has 0 aromatic rings. The molecule has 0 aromatic carbocycles. The van der Waals surface area contributed by atoms with Gasteiger partial charge in [0, 0.05) is 36.3 Å². The molecule has 3 nitrogen and oxygen atoms in total. The second kappa shape index (κ2) is 5.19. The fourth-order valence-corrected chi connectivity index (χ4v) is 3.01. The van der Waals surface area contributed by atoms with Crippen LogP contribution in [0.15, 0.2) is 0 Å². The minimum atomic E-state index is 0.255. The Balaban J connectivity index is 1.91. The third kappa shape index (κ3) is 2.97. The van der Waals surface area contributed by atoms with Crippen molar-refractivity contribution < 1.29 is 4.79 Å². The molecular formula is C13H24N2OS. The van der Waals surface area contributed by atoms with Crippen LogP contribution < -0.4 is 5.32 Å². The van der Waals surface area contributed by atoms with Crippen LogP contribution in [0.25, 0.3) is 0 Å². The molecule has 1 N–H and O–H groups in total. The Hall–Kier alpha value is -0.220. The topological polar surface area (TPSA) is 32.3 Å². The smallest absolute Gasteiger partial charge is 0.224 e. The summed E-state index contributed by atoms with van der Waals surface area (Å²) in [5.74, 6) is 0.356. The number of thioether (sulfide) groups is 1. The normalized spacial score (nSPS) is 29.6. The van der Waals surface area contributed by atoms with Crippen LogP contribution in [0.5, 0.6) is 0 Å². The number of fused-ring (bicyclic) bond motifs is 1. The monoisotopic (exact) mass is 256 g/mol. The van der Waals surface area contributed by atoms with Crippen molar-refractivity contribution in [2.75, 3.05) is 19.3 Å². The van der Waals surface area contributed by atoms with Crippen molar-refractivity contribution in [3.05, 3.63) is 0 Å². The average molecular weight is 256 g/mol. The molecule has 4 heteroatoms. The standard InChI is InChI=1S/C13H24N2OS/c1-13(2,17-3)9-14-10-8-12(16)15-7-5-4-6-11(10)15/h10-11,14H,4-9H2,1-3H3. The molecule has 2 heterocycles. The molecule has 2 rings (SSSR count). The number of nitrogens with one attached hydrogen (secondary N) is 1. The fraction of sp³-hybridized carbons (Fsp3) is 0.923. The summed E-state index contributed by atoms with van der Waals surface area (Å²) >= 11 is 1.88. The molecule has 2 unspecified atom stereocenters. The molecule has 0 radical (unpaired) electrons. The summed E-state index contributed by atoms with van der Waals surface area (Å²) in [5.41, 5.74) is 0. The highest BCUT2D eigenvalue weighted by atomic mass is 32.2. The van der Waals surface area contributed by atoms with Crippen molar-refractivity contribution >= 4 is 17.7 Å². The summed E-state index contributed by atoms with van der Waals surface area (Å²) < 4.78 is 0.255. The van der Waals surface area contributed by atoms with E-state index in [1.54, 1.807) is 0 Å². The third-order valence-electron chi connectivity index (χ3n) is 4.07. The molecule has 0 aliphatic carbocycles. The molecule has 0 aromatic heterocycles. The van der Waals surface area contributed by atoms with Gasteiger partial charge < -0.3 is 10.2 Å². The average Bonchev–Trinajstić information content (AvgIpc) is 2.65. The summed E-state index contributed by atoms with van der Waals surface area (Å²) in [5, 5.41) is 3.62. The third-order valence-corrected chi connectivity index (χ3v) is 5.32. The number of carbonyl (C=O) groups excluding carboxylic acids is 1. The lowest BCUT2D eigenvalue weighted by molar-refractivity contribution is -0.129. The highest BCUT2D eigenvalue weighted by molar-refractivity contribution is 7.99. The van der Waals surface area contributed by atoms with E-state index in [-0.39, 0.29) is 4.75 Å². The minimum Gasteiger partial charge on any atom is -0.338 e. The van der Waals surface area contributed by atoms with Crippen LogP contribution in [0.2, 0.25) is 0 Å². The van der Waals surface area contributed by atoms with Gasteiger partial charge >= 0.3 is 0 Å². The van der Waals surface area contributed by atoms with Crippen molar-refractivity contribution in [3.63, 3.8) is 0 Å². The van der Waals surface area contributed by atoms with E-state index in [0.29, 0.717) is 24.4 Å². The SMILES string of the molecule is CSC(C)(C)CNC1CC(=O)N2CCCCC12. The van der Waals surface area contributed by atoms with Crippen LogP contribution >= 0.6 is 11.8 Å². The Morgan fingerprint density at radius 3 is 2.94 bits per heavy atom. The lowest BCUT2D eigenvalue weighted by atomic mass is 9.98. The summed E-state index contributed by atoms with van der Waals surface area (Å²) in [6.07, 6.45) is 6.50. The second-order valence-electron chi connectivity index (χ2n) is 5.81. The van der Waals surface area contributed by atoms with Gasteiger partial charge in [0.2, 0.25) is 5.91 Å². The van der Waals surface area contributed by atoms with Crippen LogP contribution in [0.1, 0.15) is 39.5 Å². The van der Waals surface area contributed by atoms with Gasteiger partial charge in [-0.05, 0) is 39.4 Å². The van der Waals surface area contributed by atoms with E-state index in [1.165, 1.54) is 19.3 Å². The van der Waals surface area contributed by atoms with Crippen LogP contribution in [0.4, 0.5) is 0 Å². The maximum Gasteiger partial charge on any atom is 0.224 e.